The lowest BCUT2D eigenvalue weighted by atomic mass is 10.0. The van der Waals surface area contributed by atoms with E-state index in [-0.39, 0.29) is 24.3 Å². The lowest BCUT2D eigenvalue weighted by molar-refractivity contribution is -0.129. The van der Waals surface area contributed by atoms with Gasteiger partial charge in [-0.25, -0.2) is 4.79 Å². The van der Waals surface area contributed by atoms with Gasteiger partial charge in [0.2, 0.25) is 5.91 Å². The molecule has 1 aliphatic carbocycles. The summed E-state index contributed by atoms with van der Waals surface area (Å²) in [4.78, 5) is 28.0. The van der Waals surface area contributed by atoms with E-state index in [2.05, 4.69) is 19.7 Å². The average molecular weight is 449 g/mol. The lowest BCUT2D eigenvalue weighted by Gasteiger charge is -2.37. The Balaban J connectivity index is 2.23. The quantitative estimate of drug-likeness (QED) is 0.447. The van der Waals surface area contributed by atoms with E-state index in [1.165, 1.54) is 11.8 Å². The fraction of sp³-hybridized carbons (Fsp3) is 0.231. The van der Waals surface area contributed by atoms with Gasteiger partial charge in [-0.15, -0.1) is 0 Å². The molecule has 2 rings (SSSR count). The number of ether oxygens (including phenoxy) is 1. The zero-order valence-electron chi connectivity index (χ0n) is 19.3. The summed E-state index contributed by atoms with van der Waals surface area (Å²) < 4.78 is 5.32. The minimum absolute atomic E-state index is 0.135. The zero-order valence-corrected chi connectivity index (χ0v) is 19.3. The van der Waals surface area contributed by atoms with Gasteiger partial charge in [0, 0.05) is 49.5 Å². The molecule has 33 heavy (non-hydrogen) atoms. The van der Waals surface area contributed by atoms with Crippen LogP contribution in [0.2, 0.25) is 0 Å². The molecule has 1 atom stereocenters. The zero-order chi connectivity index (χ0) is 24.5. The van der Waals surface area contributed by atoms with Crippen molar-refractivity contribution in [1.82, 2.24) is 9.80 Å². The largest absolute Gasteiger partial charge is 0.419 e. The monoisotopic (exact) mass is 448 g/mol. The van der Waals surface area contributed by atoms with Crippen LogP contribution in [0.3, 0.4) is 0 Å². The molecule has 1 unspecified atom stereocenters. The number of nitrogens with zero attached hydrogens (tertiary/aromatic N) is 2. The van der Waals surface area contributed by atoms with E-state index in [4.69, 9.17) is 16.2 Å². The Kier molecular flexibility index (Phi) is 8.86. The third-order valence-electron chi connectivity index (χ3n) is 4.94. The van der Waals surface area contributed by atoms with Crippen molar-refractivity contribution in [1.29, 1.82) is 0 Å². The predicted molar refractivity (Wildman–Crippen MR) is 132 cm³/mol. The highest BCUT2D eigenvalue weighted by molar-refractivity contribution is 5.78. The third kappa shape index (κ3) is 7.28. The Hall–Kier alpha value is -4.00. The number of carbonyl (C=O) groups excluding carboxylic acids is 2. The van der Waals surface area contributed by atoms with E-state index in [0.29, 0.717) is 35.5 Å². The first kappa shape index (κ1) is 25.3. The molecule has 0 aromatic heterocycles. The molecule has 0 aromatic carbocycles. The SMILES string of the molecule is C=C(N)C/C=C\C(=C)OC(=O)N1C=C(/C=C\C(=C)C2=C(N)CC=CC=C2)N(C(C)=O)C(C)C1. The fourth-order valence-corrected chi connectivity index (χ4v) is 3.42. The van der Waals surface area contributed by atoms with Crippen LogP contribution < -0.4 is 11.5 Å². The summed E-state index contributed by atoms with van der Waals surface area (Å²) in [6.45, 7) is 15.1. The highest BCUT2D eigenvalue weighted by Gasteiger charge is 2.30. The van der Waals surface area contributed by atoms with Crippen molar-refractivity contribution in [2.75, 3.05) is 6.54 Å². The fourth-order valence-electron chi connectivity index (χ4n) is 3.42. The Morgan fingerprint density at radius 1 is 1.24 bits per heavy atom. The van der Waals surface area contributed by atoms with Gasteiger partial charge in [0.1, 0.15) is 5.76 Å². The van der Waals surface area contributed by atoms with Crippen molar-refractivity contribution < 1.29 is 14.3 Å². The van der Waals surface area contributed by atoms with Gasteiger partial charge >= 0.3 is 6.09 Å². The summed E-state index contributed by atoms with van der Waals surface area (Å²) in [6, 6.07) is -0.261. The molecule has 7 nitrogen and oxygen atoms in total. The van der Waals surface area contributed by atoms with Crippen molar-refractivity contribution in [3.05, 3.63) is 109 Å². The second-order valence-corrected chi connectivity index (χ2v) is 7.83. The summed E-state index contributed by atoms with van der Waals surface area (Å²) >= 11 is 0. The van der Waals surface area contributed by atoms with E-state index < -0.39 is 6.09 Å². The molecule has 174 valence electrons. The van der Waals surface area contributed by atoms with E-state index in [1.807, 2.05) is 31.2 Å². The molecule has 0 spiro atoms. The first-order valence-electron chi connectivity index (χ1n) is 10.6. The first-order chi connectivity index (χ1) is 15.6. The normalized spacial score (nSPS) is 18.5. The van der Waals surface area contributed by atoms with Crippen molar-refractivity contribution in [2.45, 2.75) is 32.7 Å². The minimum atomic E-state index is -0.597. The second kappa shape index (κ2) is 11.6. The maximum atomic E-state index is 12.7. The van der Waals surface area contributed by atoms with Gasteiger partial charge in [0.25, 0.3) is 0 Å². The van der Waals surface area contributed by atoms with Crippen LogP contribution in [-0.4, -0.2) is 34.4 Å². The number of allylic oxidation sites excluding steroid dienone is 10. The van der Waals surface area contributed by atoms with Gasteiger partial charge in [-0.05, 0) is 24.6 Å². The van der Waals surface area contributed by atoms with E-state index in [0.717, 1.165) is 5.57 Å². The highest BCUT2D eigenvalue weighted by atomic mass is 16.6. The standard InChI is InChI=1S/C26H32N4O3/c1-18(24-12-7-6-8-13-25(24)28)14-15-23-17-29(16-20(3)30(23)22(5)31)26(32)33-21(4)11-9-10-19(2)27/h6-9,11-12,14-15,17,20H,1-2,4,10,13,16,27-28H2,3,5H3/b11-9-,15-14-. The summed E-state index contributed by atoms with van der Waals surface area (Å²) in [5.41, 5.74) is 14.9. The molecule has 1 aliphatic heterocycles. The Bertz CT molecular complexity index is 1020. The third-order valence-corrected chi connectivity index (χ3v) is 4.94. The molecule has 2 amide bonds. The molecule has 0 fully saturated rings. The summed E-state index contributed by atoms with van der Waals surface area (Å²) in [7, 11) is 0. The van der Waals surface area contributed by atoms with E-state index in [1.54, 1.807) is 35.4 Å². The molecular formula is C26H32N4O3. The number of hydrogen-bond acceptors (Lipinski definition) is 5. The van der Waals surface area contributed by atoms with Gasteiger partial charge in [-0.2, -0.15) is 0 Å². The molecule has 0 saturated carbocycles. The molecule has 1 heterocycles. The summed E-state index contributed by atoms with van der Waals surface area (Å²) in [5, 5.41) is 0. The lowest BCUT2D eigenvalue weighted by Crippen LogP contribution is -2.48. The van der Waals surface area contributed by atoms with Crippen LogP contribution in [0.5, 0.6) is 0 Å². The molecule has 4 N–H and O–H groups in total. The molecule has 0 aromatic rings. The van der Waals surface area contributed by atoms with Crippen molar-refractivity contribution in [3.8, 4) is 0 Å². The van der Waals surface area contributed by atoms with Crippen LogP contribution >= 0.6 is 0 Å². The van der Waals surface area contributed by atoms with Crippen LogP contribution in [-0.2, 0) is 9.53 Å². The predicted octanol–water partition coefficient (Wildman–Crippen LogP) is 4.29. The number of carbonyl (C=O) groups is 2. The molecule has 7 heteroatoms. The van der Waals surface area contributed by atoms with Gasteiger partial charge in [0.05, 0.1) is 11.7 Å². The smallest absolute Gasteiger partial charge is 0.411 e. The Labute approximate surface area is 195 Å². The van der Waals surface area contributed by atoms with Crippen LogP contribution in [0.25, 0.3) is 0 Å². The first-order valence-corrected chi connectivity index (χ1v) is 10.6. The van der Waals surface area contributed by atoms with E-state index in [9.17, 15) is 9.59 Å². The van der Waals surface area contributed by atoms with Gasteiger partial charge in [-0.1, -0.05) is 56.2 Å². The molecule has 0 bridgehead atoms. The van der Waals surface area contributed by atoms with E-state index >= 15 is 0 Å². The average Bonchev–Trinajstić information content (AvgIpc) is 2.95. The molecule has 0 saturated heterocycles. The van der Waals surface area contributed by atoms with Gasteiger partial charge in [0.15, 0.2) is 0 Å². The summed E-state index contributed by atoms with van der Waals surface area (Å²) in [6.07, 6.45) is 16.6. The molecule has 2 aliphatic rings. The van der Waals surface area contributed by atoms with Crippen molar-refractivity contribution in [3.63, 3.8) is 0 Å². The van der Waals surface area contributed by atoms with Crippen LogP contribution in [0.4, 0.5) is 4.79 Å². The maximum absolute atomic E-state index is 12.7. The van der Waals surface area contributed by atoms with Crippen molar-refractivity contribution in [2.24, 2.45) is 11.5 Å². The second-order valence-electron chi connectivity index (χ2n) is 7.83. The number of amides is 2. The van der Waals surface area contributed by atoms with Crippen molar-refractivity contribution >= 4 is 12.0 Å². The van der Waals surface area contributed by atoms with Crippen LogP contribution in [0, 0.1) is 0 Å². The van der Waals surface area contributed by atoms with Gasteiger partial charge in [-0.3, -0.25) is 9.69 Å². The molecular weight excluding hydrogens is 416 g/mol. The van der Waals surface area contributed by atoms with Gasteiger partial charge < -0.3 is 21.1 Å². The minimum Gasteiger partial charge on any atom is -0.411 e. The highest BCUT2D eigenvalue weighted by Crippen LogP contribution is 2.24. The maximum Gasteiger partial charge on any atom is 0.419 e. The number of rotatable bonds is 7. The topological polar surface area (TPSA) is 102 Å². The summed E-state index contributed by atoms with van der Waals surface area (Å²) in [5.74, 6) is 0.0432. The van der Waals surface area contributed by atoms with Crippen LogP contribution in [0.15, 0.2) is 109 Å². The Morgan fingerprint density at radius 2 is 1.97 bits per heavy atom. The Morgan fingerprint density at radius 3 is 2.64 bits per heavy atom. The number of nitrogens with two attached hydrogens (primary N) is 2. The van der Waals surface area contributed by atoms with Crippen LogP contribution in [0.1, 0.15) is 26.7 Å². The molecule has 0 radical (unpaired) electrons. The number of hydrogen-bond donors (Lipinski definition) is 2.